The van der Waals surface area contributed by atoms with E-state index in [9.17, 15) is 0 Å². The van der Waals surface area contributed by atoms with Gasteiger partial charge in [0.15, 0.2) is 0 Å². The maximum absolute atomic E-state index is 8.84. The summed E-state index contributed by atoms with van der Waals surface area (Å²) in [6.45, 7) is 2.40. The summed E-state index contributed by atoms with van der Waals surface area (Å²) in [7, 11) is 0. The summed E-state index contributed by atoms with van der Waals surface area (Å²) in [5.74, 6) is -1.18. The topological polar surface area (TPSA) is 84.9 Å². The van der Waals surface area contributed by atoms with E-state index in [2.05, 4.69) is 6.92 Å². The van der Waals surface area contributed by atoms with Gasteiger partial charge in [-0.3, -0.25) is 5.73 Å². The molecule has 0 saturated carbocycles. The zero-order valence-electron chi connectivity index (χ0n) is 15.8. The van der Waals surface area contributed by atoms with E-state index in [1.165, 1.54) is 64.2 Å². The van der Waals surface area contributed by atoms with Gasteiger partial charge in [0.1, 0.15) is 0 Å². The van der Waals surface area contributed by atoms with Gasteiger partial charge in [-0.05, 0) is 6.42 Å². The summed E-state index contributed by atoms with van der Waals surface area (Å²) in [5, 5.41) is 17.7. The minimum Gasteiger partial charge on any atom is -0.394 e. The van der Waals surface area contributed by atoms with Crippen molar-refractivity contribution in [2.24, 2.45) is 5.73 Å². The Labute approximate surface area is 148 Å². The molecule has 5 heteroatoms. The molecule has 0 rings (SSSR count). The predicted molar refractivity (Wildman–Crippen MR) is 98.7 cm³/mol. The van der Waals surface area contributed by atoms with Crippen LogP contribution in [0.3, 0.4) is 0 Å². The summed E-state index contributed by atoms with van der Waals surface area (Å²) in [6, 6.07) is 0. The van der Waals surface area contributed by atoms with Gasteiger partial charge in [0.05, 0.1) is 26.4 Å². The Balaban J connectivity index is 3.50. The van der Waals surface area contributed by atoms with Crippen LogP contribution in [0.5, 0.6) is 0 Å². The molecule has 0 amide bonds. The van der Waals surface area contributed by atoms with Gasteiger partial charge in [0.2, 0.25) is 5.91 Å². The van der Waals surface area contributed by atoms with Gasteiger partial charge >= 0.3 is 0 Å². The maximum Gasteiger partial charge on any atom is 0.224 e. The molecule has 0 unspecified atom stereocenters. The summed E-state index contributed by atoms with van der Waals surface area (Å²) in [4.78, 5) is 0. The third-order valence-corrected chi connectivity index (χ3v) is 4.25. The zero-order valence-corrected chi connectivity index (χ0v) is 15.8. The van der Waals surface area contributed by atoms with E-state index < -0.39 is 5.91 Å². The number of aliphatic hydroxyl groups excluding tert-OH is 2. The first-order valence-electron chi connectivity index (χ1n) is 9.97. The van der Waals surface area contributed by atoms with Crippen LogP contribution in [0.25, 0.3) is 0 Å². The van der Waals surface area contributed by atoms with Crippen LogP contribution in [0, 0.1) is 0 Å². The van der Waals surface area contributed by atoms with Gasteiger partial charge in [0, 0.05) is 6.42 Å². The highest BCUT2D eigenvalue weighted by Gasteiger charge is 2.25. The van der Waals surface area contributed by atoms with Gasteiger partial charge in [-0.25, -0.2) is 0 Å². The van der Waals surface area contributed by atoms with Crippen molar-refractivity contribution >= 4 is 0 Å². The second-order valence-electron chi connectivity index (χ2n) is 6.60. The number of nitrogens with two attached hydrogens (primary N) is 1. The van der Waals surface area contributed by atoms with Crippen LogP contribution in [0.2, 0.25) is 0 Å². The van der Waals surface area contributed by atoms with E-state index in [1.54, 1.807) is 0 Å². The van der Waals surface area contributed by atoms with Crippen LogP contribution in [0.15, 0.2) is 0 Å². The van der Waals surface area contributed by atoms with E-state index in [0.29, 0.717) is 6.42 Å². The molecule has 0 saturated heterocycles. The molecule has 5 nitrogen and oxygen atoms in total. The standard InChI is InChI=1S/C19H41NO4/c1-2-3-4-5-6-7-8-9-10-11-12-13-14-19(20,23-17-15-21)24-18-16-22/h21-22H,2-18,20H2,1H3. The Hall–Kier alpha value is -0.200. The quantitative estimate of drug-likeness (QED) is 0.245. The van der Waals surface area contributed by atoms with Crippen LogP contribution in [-0.2, 0) is 9.47 Å². The van der Waals surface area contributed by atoms with Crippen LogP contribution < -0.4 is 5.73 Å². The Kier molecular flexibility index (Phi) is 17.5. The molecule has 0 fully saturated rings. The lowest BCUT2D eigenvalue weighted by Crippen LogP contribution is -2.46. The van der Waals surface area contributed by atoms with Gasteiger partial charge in [-0.2, -0.15) is 0 Å². The number of hydrogen-bond acceptors (Lipinski definition) is 5. The molecule has 0 aliphatic carbocycles. The van der Waals surface area contributed by atoms with Crippen molar-refractivity contribution in [1.82, 2.24) is 0 Å². The fraction of sp³-hybridized carbons (Fsp3) is 1.00. The molecule has 0 aromatic carbocycles. The summed E-state index contributed by atoms with van der Waals surface area (Å²) >= 11 is 0. The molecular weight excluding hydrogens is 306 g/mol. The monoisotopic (exact) mass is 347 g/mol. The average molecular weight is 348 g/mol. The van der Waals surface area contributed by atoms with Crippen molar-refractivity contribution in [1.29, 1.82) is 0 Å². The number of unbranched alkanes of at least 4 members (excludes halogenated alkanes) is 11. The van der Waals surface area contributed by atoms with E-state index in [0.717, 1.165) is 12.8 Å². The predicted octanol–water partition coefficient (Wildman–Crippen LogP) is 3.71. The van der Waals surface area contributed by atoms with Gasteiger partial charge in [-0.15, -0.1) is 0 Å². The van der Waals surface area contributed by atoms with Gasteiger partial charge in [0.25, 0.3) is 0 Å². The largest absolute Gasteiger partial charge is 0.394 e. The Morgan fingerprint density at radius 2 is 1.04 bits per heavy atom. The second kappa shape index (κ2) is 17.6. The third kappa shape index (κ3) is 15.3. The smallest absolute Gasteiger partial charge is 0.224 e. The minimum atomic E-state index is -1.18. The number of ether oxygens (including phenoxy) is 2. The molecule has 0 aliphatic heterocycles. The average Bonchev–Trinajstić information content (AvgIpc) is 2.59. The fourth-order valence-corrected chi connectivity index (χ4v) is 2.84. The summed E-state index contributed by atoms with van der Waals surface area (Å²) in [6.07, 6.45) is 16.1. The lowest BCUT2D eigenvalue weighted by atomic mass is 10.0. The first-order valence-corrected chi connectivity index (χ1v) is 9.97. The first-order chi connectivity index (χ1) is 11.7. The maximum atomic E-state index is 8.84. The Morgan fingerprint density at radius 3 is 1.42 bits per heavy atom. The summed E-state index contributed by atoms with van der Waals surface area (Å²) in [5.41, 5.74) is 6.03. The molecule has 4 N–H and O–H groups in total. The number of aliphatic hydroxyl groups is 2. The molecule has 0 aromatic heterocycles. The van der Waals surface area contributed by atoms with Crippen molar-refractivity contribution in [2.45, 2.75) is 96.3 Å². The molecule has 0 spiro atoms. The van der Waals surface area contributed by atoms with Crippen molar-refractivity contribution in [3.8, 4) is 0 Å². The molecule has 146 valence electrons. The lowest BCUT2D eigenvalue weighted by molar-refractivity contribution is -0.244. The normalized spacial score (nSPS) is 12.0. The molecular formula is C19H41NO4. The third-order valence-electron chi connectivity index (χ3n) is 4.25. The number of hydrogen-bond donors (Lipinski definition) is 3. The van der Waals surface area contributed by atoms with Crippen molar-refractivity contribution < 1.29 is 19.7 Å². The van der Waals surface area contributed by atoms with Crippen molar-refractivity contribution in [2.75, 3.05) is 26.4 Å². The van der Waals surface area contributed by atoms with E-state index in [1.807, 2.05) is 0 Å². The summed E-state index contributed by atoms with van der Waals surface area (Å²) < 4.78 is 10.8. The van der Waals surface area contributed by atoms with Crippen LogP contribution in [0.4, 0.5) is 0 Å². The van der Waals surface area contributed by atoms with Crippen LogP contribution in [-0.4, -0.2) is 42.6 Å². The number of rotatable bonds is 19. The molecule has 0 heterocycles. The van der Waals surface area contributed by atoms with Gasteiger partial charge < -0.3 is 19.7 Å². The minimum absolute atomic E-state index is 0.0835. The fourth-order valence-electron chi connectivity index (χ4n) is 2.84. The molecule has 0 aromatic rings. The van der Waals surface area contributed by atoms with Crippen molar-refractivity contribution in [3.63, 3.8) is 0 Å². The highest BCUT2D eigenvalue weighted by atomic mass is 16.7. The zero-order chi connectivity index (χ0) is 17.9. The molecule has 0 radical (unpaired) electrons. The van der Waals surface area contributed by atoms with E-state index in [-0.39, 0.29) is 26.4 Å². The molecule has 24 heavy (non-hydrogen) atoms. The van der Waals surface area contributed by atoms with Crippen molar-refractivity contribution in [3.05, 3.63) is 0 Å². The highest BCUT2D eigenvalue weighted by molar-refractivity contribution is 4.62. The highest BCUT2D eigenvalue weighted by Crippen LogP contribution is 2.18. The second-order valence-corrected chi connectivity index (χ2v) is 6.60. The molecule has 0 atom stereocenters. The van der Waals surface area contributed by atoms with E-state index in [4.69, 9.17) is 25.4 Å². The first kappa shape index (κ1) is 23.8. The van der Waals surface area contributed by atoms with Crippen LogP contribution in [0.1, 0.15) is 90.4 Å². The Bertz CT molecular complexity index is 244. The lowest BCUT2D eigenvalue weighted by Gasteiger charge is -2.29. The SMILES string of the molecule is CCCCCCCCCCCCCCC(N)(OCCO)OCCO. The molecule has 0 aliphatic rings. The van der Waals surface area contributed by atoms with E-state index >= 15 is 0 Å². The van der Waals surface area contributed by atoms with Crippen LogP contribution >= 0.6 is 0 Å². The Morgan fingerprint density at radius 1 is 0.667 bits per heavy atom. The molecule has 0 bridgehead atoms. The van der Waals surface area contributed by atoms with Gasteiger partial charge in [-0.1, -0.05) is 77.6 Å².